The molecule has 1 N–H and O–H groups in total. The summed E-state index contributed by atoms with van der Waals surface area (Å²) in [5.74, 6) is 0.846. The van der Waals surface area contributed by atoms with E-state index in [1.54, 1.807) is 12.1 Å². The van der Waals surface area contributed by atoms with Crippen LogP contribution in [0.3, 0.4) is 0 Å². The molecule has 2 saturated heterocycles. The first-order valence-electron chi connectivity index (χ1n) is 11.8. The molecule has 0 aliphatic carbocycles. The molecule has 0 spiro atoms. The molecule has 2 bridgehead atoms. The van der Waals surface area contributed by atoms with E-state index in [4.69, 9.17) is 14.6 Å². The van der Waals surface area contributed by atoms with Gasteiger partial charge in [0.2, 0.25) is 0 Å². The van der Waals surface area contributed by atoms with Gasteiger partial charge in [0.05, 0.1) is 5.56 Å². The van der Waals surface area contributed by atoms with Gasteiger partial charge in [-0.3, -0.25) is 9.80 Å². The largest absolute Gasteiger partial charge is 0.490 e. The van der Waals surface area contributed by atoms with Gasteiger partial charge in [0, 0.05) is 38.3 Å². The van der Waals surface area contributed by atoms with Crippen LogP contribution in [-0.2, 0) is 13.1 Å². The van der Waals surface area contributed by atoms with Gasteiger partial charge < -0.3 is 14.6 Å². The molecule has 0 amide bonds. The molecule has 0 saturated carbocycles. The van der Waals surface area contributed by atoms with Crippen LogP contribution >= 0.6 is 0 Å². The van der Waals surface area contributed by atoms with Crippen LogP contribution in [0, 0.1) is 0 Å². The summed E-state index contributed by atoms with van der Waals surface area (Å²) in [4.78, 5) is 16.2. The van der Waals surface area contributed by atoms with Gasteiger partial charge in [-0.15, -0.1) is 0 Å². The van der Waals surface area contributed by atoms with E-state index in [1.807, 2.05) is 54.6 Å². The molecular formula is C28H30N2O4. The van der Waals surface area contributed by atoms with Gasteiger partial charge in [0.15, 0.2) is 0 Å². The van der Waals surface area contributed by atoms with E-state index in [2.05, 4.69) is 21.9 Å². The number of carboxylic acids is 1. The number of ether oxygens (including phenoxy) is 2. The highest BCUT2D eigenvalue weighted by Gasteiger charge is 2.42. The Hall–Kier alpha value is -3.35. The summed E-state index contributed by atoms with van der Waals surface area (Å²) in [5, 5.41) is 9.07. The van der Waals surface area contributed by atoms with Crippen LogP contribution in [0.4, 0.5) is 0 Å². The van der Waals surface area contributed by atoms with Crippen molar-refractivity contribution in [2.24, 2.45) is 0 Å². The van der Waals surface area contributed by atoms with Gasteiger partial charge in [-0.2, -0.15) is 0 Å². The van der Waals surface area contributed by atoms with Crippen molar-refractivity contribution in [1.29, 1.82) is 0 Å². The fraction of sp³-hybridized carbons (Fsp3) is 0.321. The number of likely N-dealkylation sites (tertiary alicyclic amines) is 2. The van der Waals surface area contributed by atoms with Gasteiger partial charge in [-0.25, -0.2) is 4.79 Å². The monoisotopic (exact) mass is 458 g/mol. The predicted octanol–water partition coefficient (Wildman–Crippen LogP) is 4.30. The van der Waals surface area contributed by atoms with Gasteiger partial charge in [0.1, 0.15) is 24.7 Å². The third kappa shape index (κ3) is 5.41. The zero-order valence-corrected chi connectivity index (χ0v) is 19.2. The topological polar surface area (TPSA) is 62.2 Å². The van der Waals surface area contributed by atoms with Crippen LogP contribution in [0.2, 0.25) is 0 Å². The molecule has 6 nitrogen and oxygen atoms in total. The number of aromatic carboxylic acids is 1. The highest BCUT2D eigenvalue weighted by Crippen LogP contribution is 2.33. The maximum atomic E-state index is 11.0. The second-order valence-electron chi connectivity index (χ2n) is 9.06. The molecule has 176 valence electrons. The lowest BCUT2D eigenvalue weighted by molar-refractivity contribution is 0.0697. The van der Waals surface area contributed by atoms with E-state index in [1.165, 1.54) is 17.5 Å². The standard InChI is InChI=1S/C28H30N2O4/c31-28(32)23-10-6-21(7-11-23)17-29-19-25-16-24(29)20-30(25)18-22-8-12-27(13-9-22)34-15-14-33-26-4-2-1-3-5-26/h1-13,24-25H,14-20H2,(H,31,32)/t24-,25-/m0/s1. The van der Waals surface area contributed by atoms with E-state index in [0.717, 1.165) is 37.7 Å². The van der Waals surface area contributed by atoms with Crippen LogP contribution in [0.15, 0.2) is 78.9 Å². The summed E-state index contributed by atoms with van der Waals surface area (Å²) in [5.41, 5.74) is 2.82. The first-order valence-corrected chi connectivity index (χ1v) is 11.8. The Kier molecular flexibility index (Phi) is 6.79. The van der Waals surface area contributed by atoms with E-state index >= 15 is 0 Å². The normalized spacial score (nSPS) is 19.9. The smallest absolute Gasteiger partial charge is 0.335 e. The van der Waals surface area contributed by atoms with Crippen LogP contribution in [0.1, 0.15) is 27.9 Å². The summed E-state index contributed by atoms with van der Waals surface area (Å²) >= 11 is 0. The lowest BCUT2D eigenvalue weighted by Gasteiger charge is -2.34. The number of para-hydroxylation sites is 1. The fourth-order valence-electron chi connectivity index (χ4n) is 4.97. The van der Waals surface area contributed by atoms with Crippen molar-refractivity contribution in [3.05, 3.63) is 95.6 Å². The third-order valence-electron chi connectivity index (χ3n) is 6.73. The molecule has 2 heterocycles. The third-order valence-corrected chi connectivity index (χ3v) is 6.73. The average molecular weight is 459 g/mol. The van der Waals surface area contributed by atoms with E-state index < -0.39 is 5.97 Å². The first kappa shape index (κ1) is 22.4. The minimum absolute atomic E-state index is 0.342. The summed E-state index contributed by atoms with van der Waals surface area (Å²) in [6.07, 6.45) is 1.20. The van der Waals surface area contributed by atoms with Crippen molar-refractivity contribution >= 4 is 5.97 Å². The molecule has 6 heteroatoms. The summed E-state index contributed by atoms with van der Waals surface area (Å²) < 4.78 is 11.5. The molecule has 2 aliphatic rings. The molecule has 2 fully saturated rings. The Morgan fingerprint density at radius 3 is 1.74 bits per heavy atom. The van der Waals surface area contributed by atoms with Crippen molar-refractivity contribution in [1.82, 2.24) is 9.80 Å². The van der Waals surface area contributed by atoms with Crippen molar-refractivity contribution in [2.45, 2.75) is 31.6 Å². The Bertz CT molecular complexity index is 1090. The number of benzene rings is 3. The molecule has 0 unspecified atom stereocenters. The van der Waals surface area contributed by atoms with E-state index in [0.29, 0.717) is 30.9 Å². The highest BCUT2D eigenvalue weighted by molar-refractivity contribution is 5.87. The van der Waals surface area contributed by atoms with Gasteiger partial charge in [0.25, 0.3) is 0 Å². The fourth-order valence-corrected chi connectivity index (χ4v) is 4.97. The number of fused-ring (bicyclic) bond motifs is 2. The summed E-state index contributed by atoms with van der Waals surface area (Å²) in [7, 11) is 0. The molecule has 2 aliphatic heterocycles. The predicted molar refractivity (Wildman–Crippen MR) is 130 cm³/mol. The zero-order chi connectivity index (χ0) is 23.3. The van der Waals surface area contributed by atoms with Crippen LogP contribution in [0.5, 0.6) is 11.5 Å². The quantitative estimate of drug-likeness (QED) is 0.457. The Balaban J connectivity index is 1.05. The van der Waals surface area contributed by atoms with Crippen molar-refractivity contribution in [3.63, 3.8) is 0 Å². The second kappa shape index (κ2) is 10.3. The SMILES string of the molecule is O=C(O)c1ccc(CN2C[C@@H]3C[C@H]2CN3Cc2ccc(OCCOc3ccccc3)cc2)cc1. The molecular weight excluding hydrogens is 428 g/mol. The summed E-state index contributed by atoms with van der Waals surface area (Å²) in [6, 6.07) is 26.6. The maximum absolute atomic E-state index is 11.0. The molecule has 0 aromatic heterocycles. The number of nitrogens with zero attached hydrogens (tertiary/aromatic N) is 2. The number of carboxylic acid groups (broad SMARTS) is 1. The lowest BCUT2D eigenvalue weighted by Crippen LogP contribution is -2.45. The number of hydrogen-bond acceptors (Lipinski definition) is 5. The van der Waals surface area contributed by atoms with Crippen LogP contribution in [-0.4, -0.2) is 59.3 Å². The van der Waals surface area contributed by atoms with E-state index in [-0.39, 0.29) is 0 Å². The van der Waals surface area contributed by atoms with Gasteiger partial charge in [-0.05, 0) is 53.9 Å². The number of hydrogen-bond donors (Lipinski definition) is 1. The van der Waals surface area contributed by atoms with Crippen LogP contribution < -0.4 is 9.47 Å². The van der Waals surface area contributed by atoms with Crippen molar-refractivity contribution in [3.8, 4) is 11.5 Å². The molecule has 5 rings (SSSR count). The first-order chi connectivity index (χ1) is 16.6. The highest BCUT2D eigenvalue weighted by atomic mass is 16.5. The van der Waals surface area contributed by atoms with Crippen molar-refractivity contribution in [2.75, 3.05) is 26.3 Å². The van der Waals surface area contributed by atoms with Crippen LogP contribution in [0.25, 0.3) is 0 Å². The van der Waals surface area contributed by atoms with Gasteiger partial charge >= 0.3 is 5.97 Å². The number of rotatable bonds is 10. The second-order valence-corrected chi connectivity index (χ2v) is 9.06. The molecule has 34 heavy (non-hydrogen) atoms. The van der Waals surface area contributed by atoms with Crippen molar-refractivity contribution < 1.29 is 19.4 Å². The molecule has 3 aromatic rings. The van der Waals surface area contributed by atoms with E-state index in [9.17, 15) is 4.79 Å². The molecule has 2 atom stereocenters. The minimum Gasteiger partial charge on any atom is -0.490 e. The number of carbonyl (C=O) groups is 1. The Labute approximate surface area is 200 Å². The maximum Gasteiger partial charge on any atom is 0.335 e. The van der Waals surface area contributed by atoms with Gasteiger partial charge in [-0.1, -0.05) is 42.5 Å². The lowest BCUT2D eigenvalue weighted by atomic mass is 10.1. The minimum atomic E-state index is -0.876. The summed E-state index contributed by atoms with van der Waals surface area (Å²) in [6.45, 7) is 5.01. The zero-order valence-electron chi connectivity index (χ0n) is 19.2. The molecule has 3 aromatic carbocycles. The Morgan fingerprint density at radius 1 is 0.735 bits per heavy atom. The molecule has 0 radical (unpaired) electrons. The Morgan fingerprint density at radius 2 is 1.24 bits per heavy atom. The average Bonchev–Trinajstić information content (AvgIpc) is 3.44. The number of piperazine rings is 1.